The van der Waals surface area contributed by atoms with E-state index in [1.807, 2.05) is 60.7 Å². The Kier molecular flexibility index (Phi) is 7.77. The number of aryl methyl sites for hydroxylation is 1. The van der Waals surface area contributed by atoms with Crippen LogP contribution in [0.4, 0.5) is 0 Å². The molecule has 0 aromatic heterocycles. The fourth-order valence-electron chi connectivity index (χ4n) is 1.70. The largest absolute Gasteiger partial charge is 0.481 e. The first-order valence-electron chi connectivity index (χ1n) is 6.72. The zero-order valence-electron chi connectivity index (χ0n) is 11.5. The standard InChI is InChI=1S/C10H12O2.C7H9N/c11-10(12)8-4-7-9-5-2-1-3-6-9;8-6-7-4-2-1-3-5-7/h1-3,5-6H,4,7-8H2,(H,11,12);1-5H,6,8H2. The third-order valence-electron chi connectivity index (χ3n) is 2.78. The van der Waals surface area contributed by atoms with E-state index in [0.717, 1.165) is 12.8 Å². The Morgan fingerprint density at radius 3 is 1.80 bits per heavy atom. The summed E-state index contributed by atoms with van der Waals surface area (Å²) in [5, 5.41) is 8.39. The molecule has 0 bridgehead atoms. The molecule has 2 aromatic rings. The number of carbonyl (C=O) groups is 1. The molecule has 0 heterocycles. The van der Waals surface area contributed by atoms with Gasteiger partial charge in [0.05, 0.1) is 0 Å². The fraction of sp³-hybridized carbons (Fsp3) is 0.235. The van der Waals surface area contributed by atoms with E-state index in [0.29, 0.717) is 6.54 Å². The SMILES string of the molecule is NCc1ccccc1.O=C(O)CCCc1ccccc1. The van der Waals surface area contributed by atoms with E-state index in [2.05, 4.69) is 0 Å². The van der Waals surface area contributed by atoms with Crippen molar-refractivity contribution in [1.82, 2.24) is 0 Å². The van der Waals surface area contributed by atoms with E-state index in [-0.39, 0.29) is 6.42 Å². The molecular weight excluding hydrogens is 250 g/mol. The van der Waals surface area contributed by atoms with Crippen LogP contribution in [0.25, 0.3) is 0 Å². The predicted molar refractivity (Wildman–Crippen MR) is 81.3 cm³/mol. The molecule has 2 rings (SSSR count). The van der Waals surface area contributed by atoms with Crippen LogP contribution in [0.5, 0.6) is 0 Å². The van der Waals surface area contributed by atoms with Gasteiger partial charge in [0.15, 0.2) is 0 Å². The lowest BCUT2D eigenvalue weighted by molar-refractivity contribution is -0.137. The molecule has 0 atom stereocenters. The molecule has 0 aliphatic carbocycles. The maximum atomic E-state index is 10.2. The molecular formula is C17H21NO2. The minimum atomic E-state index is -0.717. The molecule has 0 spiro atoms. The predicted octanol–water partition coefficient (Wildman–Crippen LogP) is 3.24. The lowest BCUT2D eigenvalue weighted by atomic mass is 10.1. The Morgan fingerprint density at radius 1 is 0.900 bits per heavy atom. The van der Waals surface area contributed by atoms with Crippen LogP contribution >= 0.6 is 0 Å². The highest BCUT2D eigenvalue weighted by molar-refractivity contribution is 5.66. The van der Waals surface area contributed by atoms with Crippen LogP contribution in [0.1, 0.15) is 24.0 Å². The molecule has 0 aliphatic heterocycles. The number of hydrogen-bond donors (Lipinski definition) is 2. The second-order valence-electron chi connectivity index (χ2n) is 4.42. The van der Waals surface area contributed by atoms with Crippen molar-refractivity contribution in [2.45, 2.75) is 25.8 Å². The minimum absolute atomic E-state index is 0.259. The maximum absolute atomic E-state index is 10.2. The van der Waals surface area contributed by atoms with Crippen molar-refractivity contribution >= 4 is 5.97 Å². The van der Waals surface area contributed by atoms with Crippen molar-refractivity contribution in [3.05, 3.63) is 71.8 Å². The molecule has 0 saturated heterocycles. The number of aliphatic carboxylic acids is 1. The average molecular weight is 271 g/mol. The van der Waals surface area contributed by atoms with E-state index < -0.39 is 5.97 Å². The van der Waals surface area contributed by atoms with Gasteiger partial charge in [-0.05, 0) is 24.0 Å². The van der Waals surface area contributed by atoms with Gasteiger partial charge in [0.25, 0.3) is 0 Å². The van der Waals surface area contributed by atoms with E-state index >= 15 is 0 Å². The van der Waals surface area contributed by atoms with Crippen LogP contribution in [0, 0.1) is 0 Å². The summed E-state index contributed by atoms with van der Waals surface area (Å²) in [7, 11) is 0. The van der Waals surface area contributed by atoms with Crippen LogP contribution in [0.3, 0.4) is 0 Å². The molecule has 0 fully saturated rings. The van der Waals surface area contributed by atoms with Crippen LogP contribution in [0.2, 0.25) is 0 Å². The van der Waals surface area contributed by atoms with E-state index in [4.69, 9.17) is 10.8 Å². The highest BCUT2D eigenvalue weighted by Gasteiger charge is 1.96. The number of benzene rings is 2. The zero-order valence-corrected chi connectivity index (χ0v) is 11.5. The second kappa shape index (κ2) is 9.75. The Hall–Kier alpha value is -2.13. The number of rotatable bonds is 5. The van der Waals surface area contributed by atoms with Gasteiger partial charge in [-0.3, -0.25) is 4.79 Å². The molecule has 20 heavy (non-hydrogen) atoms. The average Bonchev–Trinajstić information content (AvgIpc) is 2.49. The Balaban J connectivity index is 0.000000217. The van der Waals surface area contributed by atoms with Gasteiger partial charge < -0.3 is 10.8 Å². The van der Waals surface area contributed by atoms with Crippen LogP contribution < -0.4 is 5.73 Å². The van der Waals surface area contributed by atoms with E-state index in [1.165, 1.54) is 11.1 Å². The minimum Gasteiger partial charge on any atom is -0.481 e. The van der Waals surface area contributed by atoms with E-state index in [1.54, 1.807) is 0 Å². The highest BCUT2D eigenvalue weighted by atomic mass is 16.4. The maximum Gasteiger partial charge on any atom is 0.303 e. The molecule has 0 amide bonds. The first-order valence-corrected chi connectivity index (χ1v) is 6.72. The number of carboxylic acids is 1. The molecule has 0 unspecified atom stereocenters. The van der Waals surface area contributed by atoms with Crippen molar-refractivity contribution in [3.8, 4) is 0 Å². The summed E-state index contributed by atoms with van der Waals surface area (Å²) < 4.78 is 0. The summed E-state index contributed by atoms with van der Waals surface area (Å²) in [5.74, 6) is -0.717. The third kappa shape index (κ3) is 7.34. The summed E-state index contributed by atoms with van der Waals surface area (Å²) in [6.07, 6.45) is 1.83. The summed E-state index contributed by atoms with van der Waals surface area (Å²) in [6, 6.07) is 19.9. The lowest BCUT2D eigenvalue weighted by Gasteiger charge is -1.97. The molecule has 0 saturated carbocycles. The van der Waals surface area contributed by atoms with Gasteiger partial charge in [0, 0.05) is 13.0 Å². The fourth-order valence-corrected chi connectivity index (χ4v) is 1.70. The Bertz CT molecular complexity index is 483. The molecule has 106 valence electrons. The number of nitrogens with two attached hydrogens (primary N) is 1. The molecule has 0 radical (unpaired) electrons. The molecule has 0 aliphatic rings. The smallest absolute Gasteiger partial charge is 0.303 e. The Labute approximate surface area is 120 Å². The monoisotopic (exact) mass is 271 g/mol. The molecule has 2 aromatic carbocycles. The summed E-state index contributed by atoms with van der Waals surface area (Å²) in [4.78, 5) is 10.2. The second-order valence-corrected chi connectivity index (χ2v) is 4.42. The number of carboxylic acid groups (broad SMARTS) is 1. The highest BCUT2D eigenvalue weighted by Crippen LogP contribution is 2.03. The van der Waals surface area contributed by atoms with Gasteiger partial charge in [0.2, 0.25) is 0 Å². The summed E-state index contributed by atoms with van der Waals surface area (Å²) in [5.41, 5.74) is 7.74. The summed E-state index contributed by atoms with van der Waals surface area (Å²) in [6.45, 7) is 0.640. The topological polar surface area (TPSA) is 63.3 Å². The van der Waals surface area contributed by atoms with Gasteiger partial charge in [-0.1, -0.05) is 60.7 Å². The molecule has 3 N–H and O–H groups in total. The van der Waals surface area contributed by atoms with Gasteiger partial charge in [-0.15, -0.1) is 0 Å². The third-order valence-corrected chi connectivity index (χ3v) is 2.78. The lowest BCUT2D eigenvalue weighted by Crippen LogP contribution is -1.95. The van der Waals surface area contributed by atoms with E-state index in [9.17, 15) is 4.79 Å². The van der Waals surface area contributed by atoms with Gasteiger partial charge in [0.1, 0.15) is 0 Å². The first kappa shape index (κ1) is 15.9. The van der Waals surface area contributed by atoms with Crippen molar-refractivity contribution in [2.24, 2.45) is 5.73 Å². The molecule has 3 nitrogen and oxygen atoms in total. The van der Waals surface area contributed by atoms with Crippen LogP contribution in [-0.2, 0) is 17.8 Å². The summed E-state index contributed by atoms with van der Waals surface area (Å²) >= 11 is 0. The van der Waals surface area contributed by atoms with Crippen molar-refractivity contribution in [1.29, 1.82) is 0 Å². The quantitative estimate of drug-likeness (QED) is 0.877. The van der Waals surface area contributed by atoms with Gasteiger partial charge in [-0.25, -0.2) is 0 Å². The van der Waals surface area contributed by atoms with Crippen molar-refractivity contribution in [2.75, 3.05) is 0 Å². The van der Waals surface area contributed by atoms with Crippen LogP contribution in [0.15, 0.2) is 60.7 Å². The Morgan fingerprint density at radius 2 is 1.40 bits per heavy atom. The zero-order chi connectivity index (χ0) is 14.6. The van der Waals surface area contributed by atoms with Crippen molar-refractivity contribution < 1.29 is 9.90 Å². The van der Waals surface area contributed by atoms with Crippen LogP contribution in [-0.4, -0.2) is 11.1 Å². The number of hydrogen-bond acceptors (Lipinski definition) is 2. The normalized spacial score (nSPS) is 9.45. The van der Waals surface area contributed by atoms with Gasteiger partial charge >= 0.3 is 5.97 Å². The first-order chi connectivity index (χ1) is 9.72. The van der Waals surface area contributed by atoms with Gasteiger partial charge in [-0.2, -0.15) is 0 Å². The molecule has 3 heteroatoms. The van der Waals surface area contributed by atoms with Crippen molar-refractivity contribution in [3.63, 3.8) is 0 Å².